The molecule has 0 aliphatic heterocycles. The molecule has 2 amide bonds. The average molecular weight is 375 g/mol. The van der Waals surface area contributed by atoms with Crippen LogP contribution in [0.1, 0.15) is 26.7 Å². The maximum Gasteiger partial charge on any atom is 0.272 e. The van der Waals surface area contributed by atoms with Crippen LogP contribution >= 0.6 is 0 Å². The van der Waals surface area contributed by atoms with Gasteiger partial charge in [-0.3, -0.25) is 14.0 Å². The van der Waals surface area contributed by atoms with Crippen molar-refractivity contribution in [1.29, 1.82) is 0 Å². The van der Waals surface area contributed by atoms with Crippen LogP contribution in [-0.2, 0) is 6.54 Å². The van der Waals surface area contributed by atoms with Crippen molar-refractivity contribution in [3.8, 4) is 11.3 Å². The van der Waals surface area contributed by atoms with E-state index in [2.05, 4.69) is 9.97 Å². The van der Waals surface area contributed by atoms with E-state index in [0.717, 1.165) is 5.56 Å². The van der Waals surface area contributed by atoms with Crippen molar-refractivity contribution in [3.05, 3.63) is 78.3 Å². The van der Waals surface area contributed by atoms with Crippen LogP contribution in [0.3, 0.4) is 0 Å². The van der Waals surface area contributed by atoms with Crippen LogP contribution in [0, 0.1) is 0 Å². The molecular formula is C20H17N5O3. The maximum absolute atomic E-state index is 13.0. The van der Waals surface area contributed by atoms with Gasteiger partial charge in [0, 0.05) is 7.05 Å². The van der Waals surface area contributed by atoms with Gasteiger partial charge < -0.3 is 15.1 Å². The minimum Gasteiger partial charge on any atom is -0.467 e. The van der Waals surface area contributed by atoms with E-state index in [4.69, 9.17) is 10.2 Å². The molecule has 28 heavy (non-hydrogen) atoms. The average Bonchev–Trinajstić information content (AvgIpc) is 3.36. The molecule has 0 fully saturated rings. The highest BCUT2D eigenvalue weighted by molar-refractivity contribution is 5.99. The number of furan rings is 1. The van der Waals surface area contributed by atoms with E-state index in [-0.39, 0.29) is 22.9 Å². The fourth-order valence-electron chi connectivity index (χ4n) is 2.99. The van der Waals surface area contributed by atoms with Crippen molar-refractivity contribution >= 4 is 17.5 Å². The summed E-state index contributed by atoms with van der Waals surface area (Å²) in [4.78, 5) is 34.7. The second-order valence-corrected chi connectivity index (χ2v) is 6.28. The zero-order valence-corrected chi connectivity index (χ0v) is 15.1. The Balaban J connectivity index is 1.83. The number of nitrogens with two attached hydrogens (primary N) is 1. The minimum absolute atomic E-state index is 0.0144. The highest BCUT2D eigenvalue weighted by Crippen LogP contribution is 2.23. The van der Waals surface area contributed by atoms with Crippen molar-refractivity contribution in [2.24, 2.45) is 5.73 Å². The fourth-order valence-corrected chi connectivity index (χ4v) is 2.99. The van der Waals surface area contributed by atoms with E-state index >= 15 is 0 Å². The molecule has 8 nitrogen and oxygen atoms in total. The van der Waals surface area contributed by atoms with Crippen molar-refractivity contribution in [2.45, 2.75) is 6.54 Å². The van der Waals surface area contributed by atoms with Crippen LogP contribution in [0.5, 0.6) is 0 Å². The molecule has 0 spiro atoms. The number of nitrogens with zero attached hydrogens (tertiary/aromatic N) is 4. The summed E-state index contributed by atoms with van der Waals surface area (Å²) < 4.78 is 6.95. The van der Waals surface area contributed by atoms with Crippen LogP contribution < -0.4 is 5.73 Å². The molecule has 4 aromatic rings. The second kappa shape index (κ2) is 6.99. The Morgan fingerprint density at radius 2 is 1.96 bits per heavy atom. The number of primary amides is 1. The Labute approximate surface area is 160 Å². The van der Waals surface area contributed by atoms with Crippen LogP contribution in [0.15, 0.2) is 65.5 Å². The lowest BCUT2D eigenvalue weighted by molar-refractivity contribution is 0.0769. The summed E-state index contributed by atoms with van der Waals surface area (Å²) in [6.45, 7) is 0.293. The molecule has 3 heterocycles. The Hall–Kier alpha value is -3.94. The van der Waals surface area contributed by atoms with Gasteiger partial charge in [-0.25, -0.2) is 9.97 Å². The molecule has 0 saturated carbocycles. The summed E-state index contributed by atoms with van der Waals surface area (Å²) >= 11 is 0. The summed E-state index contributed by atoms with van der Waals surface area (Å²) in [6, 6.07) is 14.7. The summed E-state index contributed by atoms with van der Waals surface area (Å²) in [5.74, 6) is -0.363. The van der Waals surface area contributed by atoms with Crippen molar-refractivity contribution in [3.63, 3.8) is 0 Å². The first kappa shape index (κ1) is 17.5. The third kappa shape index (κ3) is 3.11. The van der Waals surface area contributed by atoms with Gasteiger partial charge in [-0.2, -0.15) is 0 Å². The molecule has 0 atom stereocenters. The first-order valence-corrected chi connectivity index (χ1v) is 8.56. The third-order valence-electron chi connectivity index (χ3n) is 4.34. The zero-order chi connectivity index (χ0) is 19.7. The van der Waals surface area contributed by atoms with E-state index < -0.39 is 5.91 Å². The number of hydrogen-bond donors (Lipinski definition) is 1. The minimum atomic E-state index is -0.706. The van der Waals surface area contributed by atoms with Crippen molar-refractivity contribution < 1.29 is 14.0 Å². The van der Waals surface area contributed by atoms with Gasteiger partial charge in [-0.05, 0) is 23.8 Å². The standard InChI is InChI=1S/C20H17N5O3/c1-24(11-14-8-5-9-28-14)20(27)15-10-16(13-6-3-2-4-7-13)25-12-22-17(18(21)26)19(25)23-15/h2-10,12H,11H2,1H3,(H2,21,26). The van der Waals surface area contributed by atoms with Crippen molar-refractivity contribution in [2.75, 3.05) is 7.05 Å². The monoisotopic (exact) mass is 375 g/mol. The number of amides is 2. The normalized spacial score (nSPS) is 10.9. The van der Waals surface area contributed by atoms with Crippen LogP contribution in [0.2, 0.25) is 0 Å². The van der Waals surface area contributed by atoms with Gasteiger partial charge in [-0.15, -0.1) is 0 Å². The van der Waals surface area contributed by atoms with E-state index in [1.165, 1.54) is 11.2 Å². The van der Waals surface area contributed by atoms with Gasteiger partial charge in [0.2, 0.25) is 0 Å². The molecule has 2 N–H and O–H groups in total. The van der Waals surface area contributed by atoms with Gasteiger partial charge in [-0.1, -0.05) is 30.3 Å². The molecule has 0 unspecified atom stereocenters. The Morgan fingerprint density at radius 3 is 2.64 bits per heavy atom. The van der Waals surface area contributed by atoms with Gasteiger partial charge >= 0.3 is 0 Å². The first-order valence-electron chi connectivity index (χ1n) is 8.56. The zero-order valence-electron chi connectivity index (χ0n) is 15.1. The molecule has 3 aromatic heterocycles. The number of benzene rings is 1. The van der Waals surface area contributed by atoms with E-state index in [1.807, 2.05) is 30.3 Å². The lowest BCUT2D eigenvalue weighted by Gasteiger charge is -2.16. The highest BCUT2D eigenvalue weighted by Gasteiger charge is 2.21. The SMILES string of the molecule is CN(Cc1ccco1)C(=O)c1cc(-c2ccccc2)n2cnc(C(N)=O)c2n1. The van der Waals surface area contributed by atoms with Crippen molar-refractivity contribution in [1.82, 2.24) is 19.3 Å². The van der Waals surface area contributed by atoms with Gasteiger partial charge in [0.05, 0.1) is 18.5 Å². The summed E-state index contributed by atoms with van der Waals surface area (Å²) in [5.41, 5.74) is 7.40. The van der Waals surface area contributed by atoms with Gasteiger partial charge in [0.1, 0.15) is 17.8 Å². The third-order valence-corrected chi connectivity index (χ3v) is 4.34. The van der Waals surface area contributed by atoms with E-state index in [0.29, 0.717) is 18.0 Å². The number of rotatable bonds is 5. The highest BCUT2D eigenvalue weighted by atomic mass is 16.3. The molecule has 1 aromatic carbocycles. The number of aromatic nitrogens is 3. The lowest BCUT2D eigenvalue weighted by Crippen LogP contribution is -2.27. The van der Waals surface area contributed by atoms with Gasteiger partial charge in [0.25, 0.3) is 11.8 Å². The van der Waals surface area contributed by atoms with Crippen LogP contribution in [0.4, 0.5) is 0 Å². The summed E-state index contributed by atoms with van der Waals surface area (Å²) in [5, 5.41) is 0. The molecule has 4 rings (SSSR count). The molecule has 0 saturated heterocycles. The lowest BCUT2D eigenvalue weighted by atomic mass is 10.1. The Morgan fingerprint density at radius 1 is 1.18 bits per heavy atom. The largest absolute Gasteiger partial charge is 0.467 e. The van der Waals surface area contributed by atoms with E-state index in [9.17, 15) is 9.59 Å². The van der Waals surface area contributed by atoms with Crippen LogP contribution in [-0.4, -0.2) is 38.1 Å². The number of carbonyl (C=O) groups is 2. The maximum atomic E-state index is 13.0. The molecule has 140 valence electrons. The van der Waals surface area contributed by atoms with E-state index in [1.54, 1.807) is 35.9 Å². The molecular weight excluding hydrogens is 358 g/mol. The second-order valence-electron chi connectivity index (χ2n) is 6.28. The predicted molar refractivity (Wildman–Crippen MR) is 101 cm³/mol. The number of imidazole rings is 1. The smallest absolute Gasteiger partial charge is 0.272 e. The molecule has 8 heteroatoms. The van der Waals surface area contributed by atoms with Crippen LogP contribution in [0.25, 0.3) is 16.9 Å². The molecule has 0 bridgehead atoms. The first-order chi connectivity index (χ1) is 13.5. The van der Waals surface area contributed by atoms with Gasteiger partial charge in [0.15, 0.2) is 11.3 Å². The molecule has 0 radical (unpaired) electrons. The summed E-state index contributed by atoms with van der Waals surface area (Å²) in [6.07, 6.45) is 3.03. The Kier molecular flexibility index (Phi) is 4.36. The number of carbonyl (C=O) groups excluding carboxylic acids is 2. The summed E-state index contributed by atoms with van der Waals surface area (Å²) in [7, 11) is 1.66. The quantitative estimate of drug-likeness (QED) is 0.576. The number of fused-ring (bicyclic) bond motifs is 1. The molecule has 0 aliphatic rings. The molecule has 0 aliphatic carbocycles. The number of hydrogen-bond acceptors (Lipinski definition) is 5. The topological polar surface area (TPSA) is 107 Å². The predicted octanol–water partition coefficient (Wildman–Crippen LogP) is 2.36. The fraction of sp³-hybridized carbons (Fsp3) is 0.100. The Bertz CT molecular complexity index is 1150.